The van der Waals surface area contributed by atoms with Gasteiger partial charge in [0.05, 0.1) is 5.41 Å². The summed E-state index contributed by atoms with van der Waals surface area (Å²) in [5.74, 6) is 0. The minimum atomic E-state index is -4.19. The summed E-state index contributed by atoms with van der Waals surface area (Å²) in [6.07, 6.45) is -4.20. The molecule has 0 radical (unpaired) electrons. The summed E-state index contributed by atoms with van der Waals surface area (Å²) in [5, 5.41) is 0. The van der Waals surface area contributed by atoms with Crippen LogP contribution in [0.1, 0.15) is 25.0 Å². The molecule has 2 rings (SSSR count). The molecule has 0 bridgehead atoms. The molecule has 0 saturated carbocycles. The summed E-state index contributed by atoms with van der Waals surface area (Å²) in [5.41, 5.74) is 2.25. The van der Waals surface area contributed by atoms with E-state index in [0.717, 1.165) is 16.7 Å². The molecule has 0 aromatic heterocycles. The Morgan fingerprint density at radius 3 is 2.00 bits per heavy atom. The molecular weight excluding hydrogens is 273 g/mol. The van der Waals surface area contributed by atoms with Gasteiger partial charge in [-0.25, -0.2) is 0 Å². The van der Waals surface area contributed by atoms with E-state index >= 15 is 0 Å². The summed E-state index contributed by atoms with van der Waals surface area (Å²) < 4.78 is 38.7. The van der Waals surface area contributed by atoms with Crippen LogP contribution in [0.4, 0.5) is 13.2 Å². The van der Waals surface area contributed by atoms with Crippen LogP contribution in [0.15, 0.2) is 48.5 Å². The van der Waals surface area contributed by atoms with Gasteiger partial charge >= 0.3 is 6.18 Å². The maximum absolute atomic E-state index is 12.9. The average Bonchev–Trinajstić information content (AvgIpc) is 2.38. The molecule has 0 aliphatic heterocycles. The van der Waals surface area contributed by atoms with E-state index in [2.05, 4.69) is 6.07 Å². The standard InChI is InChI=1S/C18H19F3/c1-13-5-4-6-16(11-13)15-9-7-14(8-10-15)12-17(2,3)18(19,20)21/h4-11H,12H2,1-3H3. The molecule has 0 fully saturated rings. The molecule has 0 saturated heterocycles. The zero-order valence-corrected chi connectivity index (χ0v) is 12.5. The first-order chi connectivity index (χ1) is 9.69. The predicted molar refractivity (Wildman–Crippen MR) is 80.2 cm³/mol. The van der Waals surface area contributed by atoms with Gasteiger partial charge in [0.15, 0.2) is 0 Å². The van der Waals surface area contributed by atoms with Crippen molar-refractivity contribution >= 4 is 0 Å². The monoisotopic (exact) mass is 292 g/mol. The summed E-state index contributed by atoms with van der Waals surface area (Å²) in [6.45, 7) is 4.49. The van der Waals surface area contributed by atoms with Crippen LogP contribution in [-0.2, 0) is 6.42 Å². The first-order valence-corrected chi connectivity index (χ1v) is 6.92. The maximum atomic E-state index is 12.9. The zero-order valence-electron chi connectivity index (χ0n) is 12.5. The van der Waals surface area contributed by atoms with Gasteiger partial charge in [0.1, 0.15) is 0 Å². The van der Waals surface area contributed by atoms with Gasteiger partial charge in [0.2, 0.25) is 0 Å². The number of benzene rings is 2. The molecule has 2 aromatic rings. The second-order valence-corrected chi connectivity index (χ2v) is 6.12. The molecule has 0 unspecified atom stereocenters. The van der Waals surface area contributed by atoms with Gasteiger partial charge in [-0.15, -0.1) is 0 Å². The van der Waals surface area contributed by atoms with Crippen molar-refractivity contribution in [1.82, 2.24) is 0 Å². The van der Waals surface area contributed by atoms with Crippen LogP contribution in [0.2, 0.25) is 0 Å². The molecule has 0 spiro atoms. The molecule has 2 aromatic carbocycles. The number of alkyl halides is 3. The van der Waals surface area contributed by atoms with Crippen LogP contribution in [0.5, 0.6) is 0 Å². The van der Waals surface area contributed by atoms with Crippen LogP contribution >= 0.6 is 0 Å². The Hall–Kier alpha value is -1.77. The lowest BCUT2D eigenvalue weighted by Gasteiger charge is -2.27. The van der Waals surface area contributed by atoms with Crippen molar-refractivity contribution in [2.45, 2.75) is 33.4 Å². The smallest absolute Gasteiger partial charge is 0.171 e. The summed E-state index contributed by atoms with van der Waals surface area (Å²) in [7, 11) is 0. The lowest BCUT2D eigenvalue weighted by molar-refractivity contribution is -0.211. The van der Waals surface area contributed by atoms with Gasteiger partial charge in [0.25, 0.3) is 0 Å². The minimum Gasteiger partial charge on any atom is -0.171 e. The fourth-order valence-corrected chi connectivity index (χ4v) is 2.25. The van der Waals surface area contributed by atoms with Gasteiger partial charge in [-0.05, 0) is 30.0 Å². The van der Waals surface area contributed by atoms with Gasteiger partial charge in [-0.2, -0.15) is 13.2 Å². The third kappa shape index (κ3) is 3.66. The van der Waals surface area contributed by atoms with E-state index in [1.807, 2.05) is 37.3 Å². The van der Waals surface area contributed by atoms with E-state index in [-0.39, 0.29) is 6.42 Å². The summed E-state index contributed by atoms with van der Waals surface area (Å²) >= 11 is 0. The molecule has 3 heteroatoms. The molecule has 0 heterocycles. The quantitative estimate of drug-likeness (QED) is 0.671. The molecule has 0 amide bonds. The molecule has 0 N–H and O–H groups in total. The highest BCUT2D eigenvalue weighted by atomic mass is 19.4. The van der Waals surface area contributed by atoms with E-state index in [1.54, 1.807) is 12.1 Å². The lowest BCUT2D eigenvalue weighted by Crippen LogP contribution is -2.34. The number of hydrogen-bond donors (Lipinski definition) is 0. The van der Waals surface area contributed by atoms with E-state index < -0.39 is 11.6 Å². The summed E-state index contributed by atoms with van der Waals surface area (Å²) in [4.78, 5) is 0. The Bertz CT molecular complexity index is 607. The number of halogens is 3. The fraction of sp³-hybridized carbons (Fsp3) is 0.333. The molecule has 0 aliphatic carbocycles. The highest BCUT2D eigenvalue weighted by Crippen LogP contribution is 2.40. The van der Waals surface area contributed by atoms with Crippen molar-refractivity contribution in [3.05, 3.63) is 59.7 Å². The molecule has 21 heavy (non-hydrogen) atoms. The van der Waals surface area contributed by atoms with Gasteiger partial charge < -0.3 is 0 Å². The SMILES string of the molecule is Cc1cccc(-c2ccc(CC(C)(C)C(F)(F)F)cc2)c1. The van der Waals surface area contributed by atoms with Crippen molar-refractivity contribution < 1.29 is 13.2 Å². The van der Waals surface area contributed by atoms with Crippen LogP contribution in [0, 0.1) is 12.3 Å². The van der Waals surface area contributed by atoms with Crippen molar-refractivity contribution in [1.29, 1.82) is 0 Å². The van der Waals surface area contributed by atoms with Gasteiger partial charge in [-0.1, -0.05) is 67.9 Å². The zero-order chi connectivity index (χ0) is 15.7. The third-order valence-electron chi connectivity index (χ3n) is 3.72. The van der Waals surface area contributed by atoms with Crippen molar-refractivity contribution in [3.63, 3.8) is 0 Å². The number of rotatable bonds is 3. The second-order valence-electron chi connectivity index (χ2n) is 6.12. The van der Waals surface area contributed by atoms with E-state index in [4.69, 9.17) is 0 Å². The van der Waals surface area contributed by atoms with E-state index in [9.17, 15) is 13.2 Å². The van der Waals surface area contributed by atoms with Crippen LogP contribution < -0.4 is 0 Å². The topological polar surface area (TPSA) is 0 Å². The maximum Gasteiger partial charge on any atom is 0.394 e. The molecule has 0 nitrogen and oxygen atoms in total. The Balaban J connectivity index is 2.20. The normalized spacial score (nSPS) is 12.5. The molecule has 0 atom stereocenters. The van der Waals surface area contributed by atoms with Crippen LogP contribution in [0.3, 0.4) is 0 Å². The molecular formula is C18H19F3. The largest absolute Gasteiger partial charge is 0.394 e. The number of aryl methyl sites for hydroxylation is 1. The predicted octanol–water partition coefficient (Wildman–Crippen LogP) is 5.79. The number of hydrogen-bond acceptors (Lipinski definition) is 0. The third-order valence-corrected chi connectivity index (χ3v) is 3.72. The fourth-order valence-electron chi connectivity index (χ4n) is 2.25. The average molecular weight is 292 g/mol. The van der Waals surface area contributed by atoms with Crippen molar-refractivity contribution in [3.8, 4) is 11.1 Å². The first kappa shape index (κ1) is 15.6. The van der Waals surface area contributed by atoms with Crippen molar-refractivity contribution in [2.75, 3.05) is 0 Å². The van der Waals surface area contributed by atoms with E-state index in [1.165, 1.54) is 13.8 Å². The Kier molecular flexibility index (Phi) is 4.13. The highest BCUT2D eigenvalue weighted by molar-refractivity contribution is 5.64. The van der Waals surface area contributed by atoms with Gasteiger partial charge in [-0.3, -0.25) is 0 Å². The van der Waals surface area contributed by atoms with Crippen molar-refractivity contribution in [2.24, 2.45) is 5.41 Å². The van der Waals surface area contributed by atoms with Gasteiger partial charge in [0, 0.05) is 0 Å². The Labute approximate surface area is 123 Å². The lowest BCUT2D eigenvalue weighted by atomic mass is 9.84. The summed E-state index contributed by atoms with van der Waals surface area (Å²) in [6, 6.07) is 15.4. The Morgan fingerprint density at radius 2 is 1.48 bits per heavy atom. The Morgan fingerprint density at radius 1 is 0.857 bits per heavy atom. The first-order valence-electron chi connectivity index (χ1n) is 6.92. The van der Waals surface area contributed by atoms with Crippen LogP contribution in [0.25, 0.3) is 11.1 Å². The molecule has 112 valence electrons. The highest BCUT2D eigenvalue weighted by Gasteiger charge is 2.46. The van der Waals surface area contributed by atoms with E-state index in [0.29, 0.717) is 5.56 Å². The second kappa shape index (κ2) is 5.55. The minimum absolute atomic E-state index is 0.00933. The van der Waals surface area contributed by atoms with Crippen LogP contribution in [-0.4, -0.2) is 6.18 Å². The molecule has 0 aliphatic rings.